The highest BCUT2D eigenvalue weighted by Crippen LogP contribution is 2.26. The van der Waals surface area contributed by atoms with Crippen LogP contribution in [0.3, 0.4) is 0 Å². The average Bonchev–Trinajstić information content (AvgIpc) is 2.61. The monoisotopic (exact) mass is 344 g/mol. The summed E-state index contributed by atoms with van der Waals surface area (Å²) < 4.78 is 40.3. The fourth-order valence-electron chi connectivity index (χ4n) is 2.19. The Balaban J connectivity index is 1.78. The van der Waals surface area contributed by atoms with E-state index >= 15 is 0 Å². The van der Waals surface area contributed by atoms with Gasteiger partial charge in [0.15, 0.2) is 5.82 Å². The van der Waals surface area contributed by atoms with Gasteiger partial charge in [0.25, 0.3) is 0 Å². The molecule has 126 valence electrons. The number of aromatic nitrogens is 2. The lowest BCUT2D eigenvalue weighted by Gasteiger charge is -2.09. The summed E-state index contributed by atoms with van der Waals surface area (Å²) in [6, 6.07) is 12.3. The van der Waals surface area contributed by atoms with Crippen LogP contribution in [0.4, 0.5) is 13.2 Å². The van der Waals surface area contributed by atoms with Gasteiger partial charge >= 0.3 is 6.36 Å². The molecule has 25 heavy (non-hydrogen) atoms. The first-order valence-electron chi connectivity index (χ1n) is 7.18. The highest BCUT2D eigenvalue weighted by molar-refractivity contribution is 5.76. The molecular formula is C18H11F3N2O2. The fraction of sp³-hybridized carbons (Fsp3) is 0.0556. The zero-order valence-electron chi connectivity index (χ0n) is 12.7. The number of rotatable bonds is 4. The molecule has 7 heteroatoms. The molecule has 0 spiro atoms. The van der Waals surface area contributed by atoms with Gasteiger partial charge in [-0.2, -0.15) is 0 Å². The number of ether oxygens (including phenoxy) is 1. The first-order valence-corrected chi connectivity index (χ1v) is 7.18. The van der Waals surface area contributed by atoms with Gasteiger partial charge in [-0.05, 0) is 17.7 Å². The highest BCUT2D eigenvalue weighted by atomic mass is 19.4. The van der Waals surface area contributed by atoms with E-state index in [1.54, 1.807) is 36.7 Å². The van der Waals surface area contributed by atoms with E-state index in [9.17, 15) is 18.0 Å². The van der Waals surface area contributed by atoms with Crippen molar-refractivity contribution in [3.05, 3.63) is 66.5 Å². The summed E-state index contributed by atoms with van der Waals surface area (Å²) in [6.07, 6.45) is -0.809. The van der Waals surface area contributed by atoms with E-state index in [0.717, 1.165) is 11.8 Å². The van der Waals surface area contributed by atoms with Gasteiger partial charge in [0, 0.05) is 29.1 Å². The Kier molecular flexibility index (Phi) is 4.47. The number of benzene rings is 2. The Labute approximate surface area is 140 Å². The van der Waals surface area contributed by atoms with Crippen LogP contribution in [0.2, 0.25) is 0 Å². The molecule has 0 N–H and O–H groups in total. The molecule has 0 aliphatic carbocycles. The molecule has 0 saturated heterocycles. The van der Waals surface area contributed by atoms with E-state index in [0.29, 0.717) is 22.5 Å². The number of carbonyl (C=O) groups is 1. The smallest absolute Gasteiger partial charge is 0.406 e. The number of alkyl halides is 3. The van der Waals surface area contributed by atoms with Crippen molar-refractivity contribution in [2.75, 3.05) is 0 Å². The number of nitrogens with zero attached hydrogens (tertiary/aromatic N) is 2. The number of aldehydes is 1. The van der Waals surface area contributed by atoms with E-state index in [-0.39, 0.29) is 5.75 Å². The van der Waals surface area contributed by atoms with Crippen molar-refractivity contribution < 1.29 is 22.7 Å². The lowest BCUT2D eigenvalue weighted by molar-refractivity contribution is -0.274. The second-order valence-corrected chi connectivity index (χ2v) is 5.11. The summed E-state index contributed by atoms with van der Waals surface area (Å²) in [5.74, 6) is 0.197. The molecule has 1 heterocycles. The largest absolute Gasteiger partial charge is 0.573 e. The molecule has 1 aromatic heterocycles. The van der Waals surface area contributed by atoms with Crippen LogP contribution >= 0.6 is 0 Å². The van der Waals surface area contributed by atoms with Gasteiger partial charge in [-0.1, -0.05) is 36.4 Å². The van der Waals surface area contributed by atoms with Crippen LogP contribution < -0.4 is 4.74 Å². The van der Waals surface area contributed by atoms with Crippen molar-refractivity contribution in [3.63, 3.8) is 0 Å². The van der Waals surface area contributed by atoms with Crippen molar-refractivity contribution in [2.24, 2.45) is 0 Å². The molecule has 4 nitrogen and oxygen atoms in total. The SMILES string of the molecule is O=Cc1ccc(-c2ncc(-c3ccc(OC(F)(F)F)cc3)cn2)cc1. The van der Waals surface area contributed by atoms with Gasteiger partial charge in [-0.3, -0.25) is 4.79 Å². The van der Waals surface area contributed by atoms with E-state index in [1.165, 1.54) is 24.3 Å². The maximum Gasteiger partial charge on any atom is 0.573 e. The van der Waals surface area contributed by atoms with Crippen molar-refractivity contribution in [1.82, 2.24) is 9.97 Å². The summed E-state index contributed by atoms with van der Waals surface area (Å²) in [6.45, 7) is 0. The third kappa shape index (κ3) is 4.20. The molecule has 0 bridgehead atoms. The Hall–Kier alpha value is -3.22. The summed E-state index contributed by atoms with van der Waals surface area (Å²) in [5, 5.41) is 0. The van der Waals surface area contributed by atoms with E-state index in [4.69, 9.17) is 0 Å². The molecule has 0 atom stereocenters. The second-order valence-electron chi connectivity index (χ2n) is 5.11. The summed E-state index contributed by atoms with van der Waals surface area (Å²) in [4.78, 5) is 19.2. The minimum Gasteiger partial charge on any atom is -0.406 e. The predicted octanol–water partition coefficient (Wildman–Crippen LogP) is 4.52. The van der Waals surface area contributed by atoms with E-state index < -0.39 is 6.36 Å². The number of halogens is 3. The summed E-state index contributed by atoms with van der Waals surface area (Å²) in [5.41, 5.74) is 2.64. The summed E-state index contributed by atoms with van der Waals surface area (Å²) in [7, 11) is 0. The van der Waals surface area contributed by atoms with Crippen LogP contribution in [0, 0.1) is 0 Å². The van der Waals surface area contributed by atoms with Crippen LogP contribution in [0.25, 0.3) is 22.5 Å². The average molecular weight is 344 g/mol. The predicted molar refractivity (Wildman–Crippen MR) is 85.0 cm³/mol. The molecule has 0 amide bonds. The lowest BCUT2D eigenvalue weighted by Crippen LogP contribution is -2.16. The zero-order chi connectivity index (χ0) is 17.9. The van der Waals surface area contributed by atoms with Gasteiger partial charge in [-0.25, -0.2) is 9.97 Å². The minimum absolute atomic E-state index is 0.288. The fourth-order valence-corrected chi connectivity index (χ4v) is 2.19. The van der Waals surface area contributed by atoms with Crippen molar-refractivity contribution in [3.8, 4) is 28.3 Å². The van der Waals surface area contributed by atoms with Crippen LogP contribution in [0.5, 0.6) is 5.75 Å². The molecule has 0 aliphatic rings. The van der Waals surface area contributed by atoms with Gasteiger partial charge in [-0.15, -0.1) is 13.2 Å². The lowest BCUT2D eigenvalue weighted by atomic mass is 10.1. The molecule has 0 saturated carbocycles. The third-order valence-corrected chi connectivity index (χ3v) is 3.38. The van der Waals surface area contributed by atoms with Crippen molar-refractivity contribution in [2.45, 2.75) is 6.36 Å². The normalized spacial score (nSPS) is 11.2. The van der Waals surface area contributed by atoms with Gasteiger partial charge < -0.3 is 4.74 Å². The van der Waals surface area contributed by atoms with Crippen LogP contribution in [0.1, 0.15) is 10.4 Å². The van der Waals surface area contributed by atoms with Gasteiger partial charge in [0.2, 0.25) is 0 Å². The standard InChI is InChI=1S/C18H11F3N2O2/c19-18(20,21)25-16-7-5-13(6-8-16)15-9-22-17(23-10-15)14-3-1-12(11-24)2-4-14/h1-11H. The zero-order valence-corrected chi connectivity index (χ0v) is 12.7. The number of hydrogen-bond acceptors (Lipinski definition) is 4. The second kappa shape index (κ2) is 6.72. The van der Waals surface area contributed by atoms with E-state index in [2.05, 4.69) is 14.7 Å². The first kappa shape index (κ1) is 16.6. The summed E-state index contributed by atoms with van der Waals surface area (Å²) >= 11 is 0. The van der Waals surface area contributed by atoms with E-state index in [1.807, 2.05) is 0 Å². The molecule has 0 unspecified atom stereocenters. The maximum atomic E-state index is 12.2. The molecule has 2 aromatic carbocycles. The molecule has 0 radical (unpaired) electrons. The quantitative estimate of drug-likeness (QED) is 0.653. The van der Waals surface area contributed by atoms with Crippen LogP contribution in [-0.4, -0.2) is 22.6 Å². The van der Waals surface area contributed by atoms with Crippen molar-refractivity contribution >= 4 is 6.29 Å². The Morgan fingerprint density at radius 1 is 0.800 bits per heavy atom. The van der Waals surface area contributed by atoms with Crippen LogP contribution in [-0.2, 0) is 0 Å². The molecular weight excluding hydrogens is 333 g/mol. The van der Waals surface area contributed by atoms with Gasteiger partial charge in [0.05, 0.1) is 0 Å². The molecule has 0 aliphatic heterocycles. The Morgan fingerprint density at radius 3 is 1.88 bits per heavy atom. The third-order valence-electron chi connectivity index (χ3n) is 3.38. The Bertz CT molecular complexity index is 859. The maximum absolute atomic E-state index is 12.2. The highest BCUT2D eigenvalue weighted by Gasteiger charge is 2.30. The van der Waals surface area contributed by atoms with Gasteiger partial charge in [0.1, 0.15) is 12.0 Å². The van der Waals surface area contributed by atoms with Crippen LogP contribution in [0.15, 0.2) is 60.9 Å². The molecule has 3 rings (SSSR count). The Morgan fingerprint density at radius 2 is 1.36 bits per heavy atom. The molecule has 3 aromatic rings. The first-order chi connectivity index (χ1) is 11.9. The number of hydrogen-bond donors (Lipinski definition) is 0. The number of carbonyl (C=O) groups excluding carboxylic acids is 1. The van der Waals surface area contributed by atoms with Crippen molar-refractivity contribution in [1.29, 1.82) is 0 Å². The topological polar surface area (TPSA) is 52.1 Å². The molecule has 0 fully saturated rings. The minimum atomic E-state index is -4.72.